The lowest BCUT2D eigenvalue weighted by Gasteiger charge is -2.35. The standard InChI is InChI=1S/C28H36N4O2/c1-5-25(31(19-18-30(3)4)27(33)21-10-6-7-11-21)26-29-24-13-9-8-12-23(24)28(34)32(26)22-16-14-20(2)15-17-22/h8-9,12-17,21,25H,5-7,10-11,18-19H2,1-4H3. The smallest absolute Gasteiger partial charge is 0.266 e. The van der Waals surface area contributed by atoms with Crippen molar-refractivity contribution < 1.29 is 4.79 Å². The maximum Gasteiger partial charge on any atom is 0.266 e. The molecule has 1 atom stereocenters. The number of nitrogens with zero attached hydrogens (tertiary/aromatic N) is 4. The average Bonchev–Trinajstić information content (AvgIpc) is 3.37. The van der Waals surface area contributed by atoms with Crippen LogP contribution in [0.3, 0.4) is 0 Å². The summed E-state index contributed by atoms with van der Waals surface area (Å²) in [6, 6.07) is 15.1. The highest BCUT2D eigenvalue weighted by molar-refractivity contribution is 5.80. The number of amides is 1. The Labute approximate surface area is 202 Å². The summed E-state index contributed by atoms with van der Waals surface area (Å²) in [5.74, 6) is 0.903. The van der Waals surface area contributed by atoms with Gasteiger partial charge in [0.25, 0.3) is 5.56 Å². The molecule has 4 rings (SSSR count). The SMILES string of the molecule is CCC(c1nc2ccccc2c(=O)n1-c1ccc(C)cc1)N(CCN(C)C)C(=O)C1CCCC1. The molecule has 0 aliphatic heterocycles. The quantitative estimate of drug-likeness (QED) is 0.488. The Balaban J connectivity index is 1.89. The summed E-state index contributed by atoms with van der Waals surface area (Å²) < 4.78 is 1.72. The molecular weight excluding hydrogens is 424 g/mol. The van der Waals surface area contributed by atoms with Crippen molar-refractivity contribution in [2.24, 2.45) is 5.92 Å². The molecule has 6 heteroatoms. The molecule has 0 radical (unpaired) electrons. The van der Waals surface area contributed by atoms with E-state index in [-0.39, 0.29) is 23.4 Å². The van der Waals surface area contributed by atoms with Crippen molar-refractivity contribution in [3.05, 3.63) is 70.3 Å². The topological polar surface area (TPSA) is 58.4 Å². The highest BCUT2D eigenvalue weighted by atomic mass is 16.2. The predicted molar refractivity (Wildman–Crippen MR) is 137 cm³/mol. The number of aryl methyl sites for hydroxylation is 1. The van der Waals surface area contributed by atoms with Gasteiger partial charge in [-0.05, 0) is 64.5 Å². The second-order valence-electron chi connectivity index (χ2n) is 9.70. The normalized spacial score (nSPS) is 15.2. The lowest BCUT2D eigenvalue weighted by molar-refractivity contribution is -0.138. The van der Waals surface area contributed by atoms with Gasteiger partial charge in [-0.15, -0.1) is 0 Å². The predicted octanol–water partition coefficient (Wildman–Crippen LogP) is 4.73. The molecule has 34 heavy (non-hydrogen) atoms. The fourth-order valence-electron chi connectivity index (χ4n) is 4.99. The molecule has 1 amide bonds. The second kappa shape index (κ2) is 10.5. The molecule has 3 aromatic rings. The molecule has 0 N–H and O–H groups in total. The molecule has 1 heterocycles. The van der Waals surface area contributed by atoms with E-state index in [0.29, 0.717) is 29.7 Å². The lowest BCUT2D eigenvalue weighted by Crippen LogP contribution is -2.44. The van der Waals surface area contributed by atoms with Crippen LogP contribution in [0.2, 0.25) is 0 Å². The number of fused-ring (bicyclic) bond motifs is 1. The zero-order valence-corrected chi connectivity index (χ0v) is 20.8. The number of carbonyl (C=O) groups excluding carboxylic acids is 1. The molecule has 1 aliphatic carbocycles. The number of likely N-dealkylation sites (N-methyl/N-ethyl adjacent to an activating group) is 1. The van der Waals surface area contributed by atoms with E-state index < -0.39 is 0 Å². The maximum atomic E-state index is 13.8. The highest BCUT2D eigenvalue weighted by Crippen LogP contribution is 2.32. The maximum absolute atomic E-state index is 13.8. The fraction of sp³-hybridized carbons (Fsp3) is 0.464. The van der Waals surface area contributed by atoms with Crippen LogP contribution in [-0.2, 0) is 4.79 Å². The number of aromatic nitrogens is 2. The van der Waals surface area contributed by atoms with Crippen LogP contribution < -0.4 is 5.56 Å². The van der Waals surface area contributed by atoms with Gasteiger partial charge in [0.1, 0.15) is 5.82 Å². The van der Waals surface area contributed by atoms with Crippen LogP contribution in [0.15, 0.2) is 53.3 Å². The largest absolute Gasteiger partial charge is 0.331 e. The van der Waals surface area contributed by atoms with Gasteiger partial charge in [-0.25, -0.2) is 4.98 Å². The van der Waals surface area contributed by atoms with E-state index in [9.17, 15) is 9.59 Å². The van der Waals surface area contributed by atoms with Crippen molar-refractivity contribution in [2.75, 3.05) is 27.2 Å². The Kier molecular flexibility index (Phi) is 7.47. The summed E-state index contributed by atoms with van der Waals surface area (Å²) in [6.07, 6.45) is 4.80. The van der Waals surface area contributed by atoms with Gasteiger partial charge in [0.05, 0.1) is 22.6 Å². The molecule has 1 aromatic heterocycles. The number of hydrogen-bond acceptors (Lipinski definition) is 4. The van der Waals surface area contributed by atoms with Crippen molar-refractivity contribution in [1.29, 1.82) is 0 Å². The first-order valence-corrected chi connectivity index (χ1v) is 12.4. The molecule has 1 aliphatic rings. The first kappa shape index (κ1) is 24.1. The van der Waals surface area contributed by atoms with Gasteiger partial charge in [-0.1, -0.05) is 49.6 Å². The van der Waals surface area contributed by atoms with E-state index in [2.05, 4.69) is 11.8 Å². The zero-order valence-electron chi connectivity index (χ0n) is 20.8. The third-order valence-corrected chi connectivity index (χ3v) is 6.93. The van der Waals surface area contributed by atoms with E-state index in [1.54, 1.807) is 4.57 Å². The third kappa shape index (κ3) is 4.92. The Hall–Kier alpha value is -2.99. The summed E-state index contributed by atoms with van der Waals surface area (Å²) in [5, 5.41) is 0.587. The molecule has 1 unspecified atom stereocenters. The van der Waals surface area contributed by atoms with Crippen molar-refractivity contribution in [2.45, 2.75) is 52.0 Å². The van der Waals surface area contributed by atoms with E-state index in [1.807, 2.05) is 74.4 Å². The molecule has 180 valence electrons. The summed E-state index contributed by atoms with van der Waals surface area (Å²) in [7, 11) is 4.05. The average molecular weight is 461 g/mol. The van der Waals surface area contributed by atoms with Crippen molar-refractivity contribution in [3.8, 4) is 5.69 Å². The molecule has 6 nitrogen and oxygen atoms in total. The van der Waals surface area contributed by atoms with Crippen LogP contribution in [0.4, 0.5) is 0 Å². The number of rotatable bonds is 8. The summed E-state index contributed by atoms with van der Waals surface area (Å²) >= 11 is 0. The minimum atomic E-state index is -0.286. The number of para-hydroxylation sites is 1. The van der Waals surface area contributed by atoms with E-state index >= 15 is 0 Å². The van der Waals surface area contributed by atoms with Gasteiger partial charge in [-0.3, -0.25) is 14.2 Å². The van der Waals surface area contributed by atoms with E-state index in [1.165, 1.54) is 0 Å². The fourth-order valence-corrected chi connectivity index (χ4v) is 4.99. The van der Waals surface area contributed by atoms with Gasteiger partial charge in [0.2, 0.25) is 5.91 Å². The van der Waals surface area contributed by atoms with Crippen LogP contribution in [0.25, 0.3) is 16.6 Å². The molecule has 0 bridgehead atoms. The molecular formula is C28H36N4O2. The molecule has 1 saturated carbocycles. The van der Waals surface area contributed by atoms with Gasteiger partial charge >= 0.3 is 0 Å². The van der Waals surface area contributed by atoms with Crippen LogP contribution in [-0.4, -0.2) is 52.4 Å². The lowest BCUT2D eigenvalue weighted by atomic mass is 10.0. The monoisotopic (exact) mass is 460 g/mol. The molecule has 0 spiro atoms. The number of hydrogen-bond donors (Lipinski definition) is 0. The first-order chi connectivity index (χ1) is 16.4. The molecule has 2 aromatic carbocycles. The Morgan fingerprint density at radius 2 is 1.74 bits per heavy atom. The van der Waals surface area contributed by atoms with Gasteiger partial charge in [0, 0.05) is 19.0 Å². The van der Waals surface area contributed by atoms with Gasteiger partial charge in [0.15, 0.2) is 0 Å². The van der Waals surface area contributed by atoms with E-state index in [0.717, 1.165) is 43.5 Å². The Morgan fingerprint density at radius 3 is 2.38 bits per heavy atom. The Morgan fingerprint density at radius 1 is 1.06 bits per heavy atom. The number of benzene rings is 2. The van der Waals surface area contributed by atoms with Gasteiger partial charge in [-0.2, -0.15) is 0 Å². The van der Waals surface area contributed by atoms with Crippen LogP contribution in [0.5, 0.6) is 0 Å². The zero-order chi connectivity index (χ0) is 24.2. The summed E-state index contributed by atoms with van der Waals surface area (Å²) in [5.41, 5.74) is 2.49. The molecule has 1 fully saturated rings. The van der Waals surface area contributed by atoms with Crippen LogP contribution >= 0.6 is 0 Å². The van der Waals surface area contributed by atoms with Gasteiger partial charge < -0.3 is 9.80 Å². The Bertz CT molecular complexity index is 1190. The third-order valence-electron chi connectivity index (χ3n) is 6.93. The van der Waals surface area contributed by atoms with Crippen LogP contribution in [0.1, 0.15) is 56.5 Å². The first-order valence-electron chi connectivity index (χ1n) is 12.4. The van der Waals surface area contributed by atoms with Crippen LogP contribution in [0, 0.1) is 12.8 Å². The minimum absolute atomic E-state index is 0.0659. The molecule has 0 saturated heterocycles. The van der Waals surface area contributed by atoms with E-state index in [4.69, 9.17) is 4.98 Å². The number of carbonyl (C=O) groups is 1. The highest BCUT2D eigenvalue weighted by Gasteiger charge is 2.34. The minimum Gasteiger partial charge on any atom is -0.331 e. The van der Waals surface area contributed by atoms with Crippen molar-refractivity contribution >= 4 is 16.8 Å². The van der Waals surface area contributed by atoms with Crippen molar-refractivity contribution in [1.82, 2.24) is 19.4 Å². The summed E-state index contributed by atoms with van der Waals surface area (Å²) in [4.78, 5) is 36.7. The second-order valence-corrected chi connectivity index (χ2v) is 9.70. The summed E-state index contributed by atoms with van der Waals surface area (Å²) in [6.45, 7) is 5.48. The van der Waals surface area contributed by atoms with Crippen molar-refractivity contribution in [3.63, 3.8) is 0 Å².